The molecule has 1 aromatic carbocycles. The van der Waals surface area contributed by atoms with Gasteiger partial charge in [-0.1, -0.05) is 33.1 Å². The van der Waals surface area contributed by atoms with Crippen LogP contribution in [0.1, 0.15) is 52.4 Å². The molecule has 1 amide bonds. The van der Waals surface area contributed by atoms with Gasteiger partial charge in [-0.25, -0.2) is 14.4 Å². The summed E-state index contributed by atoms with van der Waals surface area (Å²) in [6, 6.07) is 11.7. The number of piperidine rings is 1. The van der Waals surface area contributed by atoms with E-state index in [4.69, 9.17) is 0 Å². The van der Waals surface area contributed by atoms with E-state index in [1.165, 1.54) is 12.3 Å². The molecule has 1 saturated carbocycles. The van der Waals surface area contributed by atoms with E-state index < -0.39 is 5.82 Å². The minimum absolute atomic E-state index is 0.0346. The molecule has 1 atom stereocenters. The number of carbonyl (C=O) groups excluding carboxylic acids is 1. The summed E-state index contributed by atoms with van der Waals surface area (Å²) in [6.07, 6.45) is 8.58. The summed E-state index contributed by atoms with van der Waals surface area (Å²) in [5.41, 5.74) is 2.24. The van der Waals surface area contributed by atoms with Crippen LogP contribution in [0, 0.1) is 17.2 Å². The number of H-pyrrole nitrogens is 1. The Hall–Kier alpha value is -4.31. The van der Waals surface area contributed by atoms with Crippen molar-refractivity contribution in [2.75, 3.05) is 28.6 Å². The lowest BCUT2D eigenvalue weighted by Gasteiger charge is -2.42. The monoisotopic (exact) mass is 584 g/mol. The maximum Gasteiger partial charge on any atom is 0.259 e. The molecular weight excluding hydrogens is 547 g/mol. The molecule has 1 aliphatic heterocycles. The van der Waals surface area contributed by atoms with Crippen LogP contribution >= 0.6 is 0 Å². The molecule has 10 heteroatoms. The molecule has 2 aliphatic rings. The largest absolute Gasteiger partial charge is 0.392 e. The van der Waals surface area contributed by atoms with Gasteiger partial charge in [0, 0.05) is 41.9 Å². The Morgan fingerprint density at radius 1 is 1.09 bits per heavy atom. The van der Waals surface area contributed by atoms with Gasteiger partial charge in [0.15, 0.2) is 0 Å². The second-order valence-corrected chi connectivity index (χ2v) is 12.4. The van der Waals surface area contributed by atoms with Gasteiger partial charge in [0.05, 0.1) is 40.3 Å². The number of benzene rings is 1. The fourth-order valence-corrected chi connectivity index (χ4v) is 6.19. The van der Waals surface area contributed by atoms with Crippen LogP contribution in [0.4, 0.5) is 27.3 Å². The van der Waals surface area contributed by atoms with Crippen LogP contribution in [0.15, 0.2) is 59.7 Å². The van der Waals surface area contributed by atoms with Crippen LogP contribution < -0.4 is 21.1 Å². The van der Waals surface area contributed by atoms with Crippen molar-refractivity contribution in [1.82, 2.24) is 15.0 Å². The van der Waals surface area contributed by atoms with E-state index in [0.29, 0.717) is 46.8 Å². The van der Waals surface area contributed by atoms with Crippen molar-refractivity contribution < 1.29 is 14.3 Å². The van der Waals surface area contributed by atoms with Gasteiger partial charge in [-0.05, 0) is 61.7 Å². The van der Waals surface area contributed by atoms with Crippen molar-refractivity contribution in [3.05, 3.63) is 71.0 Å². The molecule has 4 aromatic rings. The van der Waals surface area contributed by atoms with Gasteiger partial charge in [-0.15, -0.1) is 0 Å². The van der Waals surface area contributed by atoms with E-state index in [2.05, 4.69) is 44.3 Å². The number of aromatic nitrogens is 3. The number of carbonyl (C=O) groups is 1. The molecule has 0 spiro atoms. The number of nitrogens with zero attached hydrogens (tertiary/aromatic N) is 3. The third kappa shape index (κ3) is 6.10. The standard InChI is InChI=1S/C33H37FN6O3/c1-33(2)19-40(15-13-28(33)41)22-9-11-29(36-18-22)39-27-17-26(38-25-12-14-35-32(43)30(25)27)23-10-8-21(16-24(23)34)37-31(42)20-6-4-3-5-7-20/h8-12,14,16-18,20,28,41H,3-7,13,15,19H2,1-2H3,(H,35,43)(H,37,42)(H,36,38,39)/t28-/m0/s1. The zero-order chi connectivity index (χ0) is 30.1. The fraction of sp³-hybridized carbons (Fsp3) is 0.394. The van der Waals surface area contributed by atoms with Crippen LogP contribution in [0.2, 0.25) is 0 Å². The Kier molecular flexibility index (Phi) is 7.87. The summed E-state index contributed by atoms with van der Waals surface area (Å²) in [7, 11) is 0. The second-order valence-electron chi connectivity index (χ2n) is 12.4. The fourth-order valence-electron chi connectivity index (χ4n) is 6.19. The summed E-state index contributed by atoms with van der Waals surface area (Å²) >= 11 is 0. The zero-order valence-electron chi connectivity index (χ0n) is 24.5. The minimum Gasteiger partial charge on any atom is -0.392 e. The second kappa shape index (κ2) is 11.8. The first-order chi connectivity index (χ1) is 20.7. The van der Waals surface area contributed by atoms with Gasteiger partial charge in [-0.3, -0.25) is 9.59 Å². The van der Waals surface area contributed by atoms with Gasteiger partial charge in [-0.2, -0.15) is 0 Å². The number of aliphatic hydroxyl groups excluding tert-OH is 1. The molecule has 1 aliphatic carbocycles. The molecule has 6 rings (SSSR count). The lowest BCUT2D eigenvalue weighted by Crippen LogP contribution is -2.48. The predicted octanol–water partition coefficient (Wildman–Crippen LogP) is 5.98. The molecule has 4 heterocycles. The number of hydrogen-bond acceptors (Lipinski definition) is 7. The number of hydrogen-bond donors (Lipinski definition) is 4. The first-order valence-electron chi connectivity index (χ1n) is 15.0. The average Bonchev–Trinajstić information content (AvgIpc) is 2.99. The molecule has 2 fully saturated rings. The maximum atomic E-state index is 15.5. The molecule has 0 bridgehead atoms. The number of nitrogens with one attached hydrogen (secondary N) is 3. The summed E-state index contributed by atoms with van der Waals surface area (Å²) in [4.78, 5) is 39.6. The SMILES string of the molecule is CC1(C)CN(c2ccc(Nc3cc(-c4ccc(NC(=O)C5CCCCC5)cc4F)nc4cc[nH]c(=O)c34)nc2)CC[C@@H]1O. The zero-order valence-corrected chi connectivity index (χ0v) is 24.5. The first kappa shape index (κ1) is 28.8. The van der Waals surface area contributed by atoms with Gasteiger partial charge >= 0.3 is 0 Å². The molecule has 4 N–H and O–H groups in total. The van der Waals surface area contributed by atoms with E-state index in [1.54, 1.807) is 30.5 Å². The number of aliphatic hydroxyl groups is 1. The summed E-state index contributed by atoms with van der Waals surface area (Å²) in [5, 5.41) is 16.7. The van der Waals surface area contributed by atoms with Crippen molar-refractivity contribution in [2.45, 2.75) is 58.5 Å². The number of rotatable bonds is 6. The van der Waals surface area contributed by atoms with Crippen LogP contribution in [-0.2, 0) is 4.79 Å². The van der Waals surface area contributed by atoms with Crippen molar-refractivity contribution in [3.8, 4) is 11.3 Å². The highest BCUT2D eigenvalue weighted by atomic mass is 19.1. The summed E-state index contributed by atoms with van der Waals surface area (Å²) in [6.45, 7) is 5.56. The molecular formula is C33H37FN6O3. The maximum absolute atomic E-state index is 15.5. The smallest absolute Gasteiger partial charge is 0.259 e. The number of halogens is 1. The molecule has 3 aromatic heterocycles. The van der Waals surface area contributed by atoms with E-state index in [0.717, 1.165) is 44.3 Å². The lowest BCUT2D eigenvalue weighted by atomic mass is 9.81. The van der Waals surface area contributed by atoms with Crippen molar-refractivity contribution in [1.29, 1.82) is 0 Å². The topological polar surface area (TPSA) is 123 Å². The third-order valence-corrected chi connectivity index (χ3v) is 8.77. The average molecular weight is 585 g/mol. The van der Waals surface area contributed by atoms with E-state index >= 15 is 4.39 Å². The van der Waals surface area contributed by atoms with E-state index in [9.17, 15) is 14.7 Å². The van der Waals surface area contributed by atoms with Crippen molar-refractivity contribution >= 4 is 39.7 Å². The van der Waals surface area contributed by atoms with Gasteiger partial charge < -0.3 is 25.6 Å². The molecule has 224 valence electrons. The van der Waals surface area contributed by atoms with Gasteiger partial charge in [0.1, 0.15) is 11.6 Å². The van der Waals surface area contributed by atoms with Crippen LogP contribution in [0.25, 0.3) is 22.2 Å². The highest BCUT2D eigenvalue weighted by Gasteiger charge is 2.34. The molecule has 0 unspecified atom stereocenters. The third-order valence-electron chi connectivity index (χ3n) is 8.77. The highest BCUT2D eigenvalue weighted by molar-refractivity contribution is 5.95. The Morgan fingerprint density at radius 2 is 1.91 bits per heavy atom. The summed E-state index contributed by atoms with van der Waals surface area (Å²) in [5.74, 6) is -0.113. The highest BCUT2D eigenvalue weighted by Crippen LogP contribution is 2.34. The molecule has 43 heavy (non-hydrogen) atoms. The number of pyridine rings is 3. The van der Waals surface area contributed by atoms with Crippen molar-refractivity contribution in [3.63, 3.8) is 0 Å². The molecule has 0 radical (unpaired) electrons. The van der Waals surface area contributed by atoms with Crippen LogP contribution in [0.5, 0.6) is 0 Å². The van der Waals surface area contributed by atoms with Gasteiger partial charge in [0.25, 0.3) is 5.56 Å². The first-order valence-corrected chi connectivity index (χ1v) is 15.0. The number of fused-ring (bicyclic) bond motifs is 1. The van der Waals surface area contributed by atoms with Gasteiger partial charge in [0.2, 0.25) is 5.91 Å². The Balaban J connectivity index is 1.26. The Bertz CT molecular complexity index is 1700. The number of anilines is 4. The Labute approximate surface area is 249 Å². The number of aromatic amines is 1. The molecule has 9 nitrogen and oxygen atoms in total. The normalized spacial score (nSPS) is 18.9. The lowest BCUT2D eigenvalue weighted by molar-refractivity contribution is -0.120. The number of amides is 1. The minimum atomic E-state index is -0.527. The predicted molar refractivity (Wildman–Crippen MR) is 167 cm³/mol. The van der Waals surface area contributed by atoms with Crippen molar-refractivity contribution in [2.24, 2.45) is 11.3 Å². The summed E-state index contributed by atoms with van der Waals surface area (Å²) < 4.78 is 15.5. The van der Waals surface area contributed by atoms with E-state index in [-0.39, 0.29) is 34.5 Å². The quantitative estimate of drug-likeness (QED) is 0.220. The van der Waals surface area contributed by atoms with Crippen LogP contribution in [-0.4, -0.2) is 45.2 Å². The van der Waals surface area contributed by atoms with E-state index in [1.807, 2.05) is 12.1 Å². The van der Waals surface area contributed by atoms with Crippen LogP contribution in [0.3, 0.4) is 0 Å². The Morgan fingerprint density at radius 3 is 2.63 bits per heavy atom. The molecule has 1 saturated heterocycles.